The van der Waals surface area contributed by atoms with Gasteiger partial charge in [-0.2, -0.15) is 5.10 Å². The van der Waals surface area contributed by atoms with Gasteiger partial charge in [0.2, 0.25) is 0 Å². The SMILES string of the molecule is Cc1cc(=O)n(-c2ccc(OC(F)(F)F)cc2)cc1-c1ccc2cnn(C)c2c1. The second-order valence-corrected chi connectivity index (χ2v) is 6.66. The number of pyridine rings is 1. The Morgan fingerprint density at radius 3 is 2.45 bits per heavy atom. The van der Waals surface area contributed by atoms with E-state index in [9.17, 15) is 18.0 Å². The van der Waals surface area contributed by atoms with E-state index in [2.05, 4.69) is 9.84 Å². The van der Waals surface area contributed by atoms with E-state index in [1.807, 2.05) is 32.2 Å². The number of benzene rings is 2. The van der Waals surface area contributed by atoms with Crippen LogP contribution in [0.2, 0.25) is 0 Å². The lowest BCUT2D eigenvalue weighted by Gasteiger charge is -2.13. The van der Waals surface area contributed by atoms with Gasteiger partial charge in [0.15, 0.2) is 0 Å². The number of aromatic nitrogens is 3. The van der Waals surface area contributed by atoms with Crippen molar-refractivity contribution in [3.05, 3.63) is 76.8 Å². The van der Waals surface area contributed by atoms with Crippen LogP contribution in [0.15, 0.2) is 65.7 Å². The number of hydrogen-bond acceptors (Lipinski definition) is 3. The van der Waals surface area contributed by atoms with E-state index in [-0.39, 0.29) is 11.3 Å². The Balaban J connectivity index is 1.77. The lowest BCUT2D eigenvalue weighted by atomic mass is 10.0. The third kappa shape index (κ3) is 3.73. The average molecular weight is 399 g/mol. The zero-order chi connectivity index (χ0) is 20.8. The maximum Gasteiger partial charge on any atom is 0.573 e. The van der Waals surface area contributed by atoms with Gasteiger partial charge in [0.25, 0.3) is 5.56 Å². The van der Waals surface area contributed by atoms with Crippen molar-refractivity contribution >= 4 is 10.9 Å². The molecule has 5 nitrogen and oxygen atoms in total. The fraction of sp³-hybridized carbons (Fsp3) is 0.143. The van der Waals surface area contributed by atoms with Crippen molar-refractivity contribution < 1.29 is 17.9 Å². The predicted molar refractivity (Wildman–Crippen MR) is 103 cm³/mol. The number of ether oxygens (including phenoxy) is 1. The Morgan fingerprint density at radius 1 is 1.03 bits per heavy atom. The van der Waals surface area contributed by atoms with Gasteiger partial charge in [0, 0.05) is 35.9 Å². The smallest absolute Gasteiger partial charge is 0.406 e. The van der Waals surface area contributed by atoms with E-state index in [1.165, 1.54) is 34.9 Å². The van der Waals surface area contributed by atoms with Gasteiger partial charge in [-0.1, -0.05) is 12.1 Å². The topological polar surface area (TPSA) is 49.1 Å². The lowest BCUT2D eigenvalue weighted by molar-refractivity contribution is -0.274. The Bertz CT molecular complexity index is 1260. The first kappa shape index (κ1) is 18.8. The number of alkyl halides is 3. The molecule has 148 valence electrons. The molecule has 4 aromatic rings. The zero-order valence-corrected chi connectivity index (χ0v) is 15.6. The second kappa shape index (κ2) is 6.80. The van der Waals surface area contributed by atoms with E-state index in [1.54, 1.807) is 17.1 Å². The summed E-state index contributed by atoms with van der Waals surface area (Å²) >= 11 is 0. The predicted octanol–water partition coefficient (Wildman–Crippen LogP) is 4.60. The molecule has 2 aromatic heterocycles. The Kier molecular flexibility index (Phi) is 4.41. The molecule has 0 radical (unpaired) electrons. The fourth-order valence-corrected chi connectivity index (χ4v) is 3.25. The minimum absolute atomic E-state index is 0.280. The highest BCUT2D eigenvalue weighted by Gasteiger charge is 2.31. The number of halogens is 3. The molecule has 0 aliphatic rings. The molecule has 2 aromatic carbocycles. The van der Waals surface area contributed by atoms with E-state index in [4.69, 9.17) is 0 Å². The summed E-state index contributed by atoms with van der Waals surface area (Å²) in [6, 6.07) is 12.6. The van der Waals surface area contributed by atoms with Gasteiger partial charge in [-0.25, -0.2) is 0 Å². The first-order chi connectivity index (χ1) is 13.7. The maximum atomic E-state index is 12.5. The van der Waals surface area contributed by atoms with Crippen molar-refractivity contribution in [1.82, 2.24) is 14.3 Å². The van der Waals surface area contributed by atoms with Crippen LogP contribution in [-0.4, -0.2) is 20.7 Å². The normalized spacial score (nSPS) is 11.8. The van der Waals surface area contributed by atoms with Crippen molar-refractivity contribution in [1.29, 1.82) is 0 Å². The Morgan fingerprint density at radius 2 is 1.76 bits per heavy atom. The van der Waals surface area contributed by atoms with E-state index in [0.29, 0.717) is 5.69 Å². The molecular weight excluding hydrogens is 383 g/mol. The number of aryl methyl sites for hydroxylation is 2. The monoisotopic (exact) mass is 399 g/mol. The molecule has 8 heteroatoms. The van der Waals surface area contributed by atoms with Crippen molar-refractivity contribution in [3.8, 4) is 22.6 Å². The van der Waals surface area contributed by atoms with Crippen molar-refractivity contribution in [2.45, 2.75) is 13.3 Å². The number of rotatable bonds is 3. The van der Waals surface area contributed by atoms with Crippen molar-refractivity contribution in [3.63, 3.8) is 0 Å². The third-order valence-corrected chi connectivity index (χ3v) is 4.67. The average Bonchev–Trinajstić information content (AvgIpc) is 3.02. The van der Waals surface area contributed by atoms with Crippen LogP contribution in [0.1, 0.15) is 5.56 Å². The van der Waals surface area contributed by atoms with Gasteiger partial charge in [0.1, 0.15) is 5.75 Å². The van der Waals surface area contributed by atoms with Crippen molar-refractivity contribution in [2.24, 2.45) is 7.05 Å². The molecule has 2 heterocycles. The van der Waals surface area contributed by atoms with Crippen LogP contribution in [-0.2, 0) is 7.05 Å². The van der Waals surface area contributed by atoms with Gasteiger partial charge in [-0.3, -0.25) is 14.0 Å². The number of fused-ring (bicyclic) bond motifs is 1. The van der Waals surface area contributed by atoms with Gasteiger partial charge in [-0.15, -0.1) is 13.2 Å². The fourth-order valence-electron chi connectivity index (χ4n) is 3.25. The highest BCUT2D eigenvalue weighted by Crippen LogP contribution is 2.27. The molecule has 0 fully saturated rings. The van der Waals surface area contributed by atoms with Crippen LogP contribution in [0.5, 0.6) is 5.75 Å². The van der Waals surface area contributed by atoms with E-state index < -0.39 is 6.36 Å². The van der Waals surface area contributed by atoms with Crippen LogP contribution in [0.4, 0.5) is 13.2 Å². The highest BCUT2D eigenvalue weighted by molar-refractivity contribution is 5.84. The first-order valence-corrected chi connectivity index (χ1v) is 8.73. The Hall–Kier alpha value is -3.55. The zero-order valence-electron chi connectivity index (χ0n) is 15.6. The van der Waals surface area contributed by atoms with Crippen LogP contribution in [0.25, 0.3) is 27.7 Å². The number of nitrogens with zero attached hydrogens (tertiary/aromatic N) is 3. The molecule has 0 spiro atoms. The van der Waals surface area contributed by atoms with E-state index in [0.717, 1.165) is 27.6 Å². The molecule has 0 atom stereocenters. The summed E-state index contributed by atoms with van der Waals surface area (Å²) in [6.45, 7) is 1.84. The Labute approximate surface area is 163 Å². The van der Waals surface area contributed by atoms with Crippen molar-refractivity contribution in [2.75, 3.05) is 0 Å². The number of hydrogen-bond donors (Lipinski definition) is 0. The van der Waals surface area contributed by atoms with Crippen LogP contribution in [0.3, 0.4) is 0 Å². The molecule has 0 bridgehead atoms. The molecule has 0 saturated carbocycles. The summed E-state index contributed by atoms with van der Waals surface area (Å²) < 4.78 is 44.1. The van der Waals surface area contributed by atoms with E-state index >= 15 is 0 Å². The molecular formula is C21H16F3N3O2. The minimum atomic E-state index is -4.76. The molecule has 0 saturated heterocycles. The van der Waals surface area contributed by atoms with Crippen LogP contribution >= 0.6 is 0 Å². The molecule has 0 aliphatic carbocycles. The second-order valence-electron chi connectivity index (χ2n) is 6.66. The molecule has 4 rings (SSSR count). The van der Waals surface area contributed by atoms with Gasteiger partial charge < -0.3 is 4.74 Å². The molecule has 0 amide bonds. The summed E-state index contributed by atoms with van der Waals surface area (Å²) in [6.07, 6.45) is -1.30. The summed E-state index contributed by atoms with van der Waals surface area (Å²) in [5.41, 5.74) is 3.65. The van der Waals surface area contributed by atoms with Gasteiger partial charge >= 0.3 is 6.36 Å². The summed E-state index contributed by atoms with van der Waals surface area (Å²) in [5, 5.41) is 5.24. The largest absolute Gasteiger partial charge is 0.573 e. The standard InChI is InChI=1S/C21H16F3N3O2/c1-13-9-20(28)27(16-5-7-17(8-6-16)29-21(22,23)24)12-18(13)14-3-4-15-11-25-26(2)19(15)10-14/h3-12H,1-2H3. The lowest BCUT2D eigenvalue weighted by Crippen LogP contribution is -2.19. The highest BCUT2D eigenvalue weighted by atomic mass is 19.4. The summed E-state index contributed by atoms with van der Waals surface area (Å²) in [5.74, 6) is -0.344. The minimum Gasteiger partial charge on any atom is -0.406 e. The van der Waals surface area contributed by atoms with Crippen LogP contribution in [0, 0.1) is 6.92 Å². The van der Waals surface area contributed by atoms with Gasteiger partial charge in [-0.05, 0) is 48.4 Å². The molecule has 0 aliphatic heterocycles. The van der Waals surface area contributed by atoms with Crippen LogP contribution < -0.4 is 10.3 Å². The molecule has 0 unspecified atom stereocenters. The molecule has 29 heavy (non-hydrogen) atoms. The first-order valence-electron chi connectivity index (χ1n) is 8.73. The summed E-state index contributed by atoms with van der Waals surface area (Å²) in [4.78, 5) is 12.5. The summed E-state index contributed by atoms with van der Waals surface area (Å²) in [7, 11) is 1.85. The third-order valence-electron chi connectivity index (χ3n) is 4.67. The maximum absolute atomic E-state index is 12.5. The van der Waals surface area contributed by atoms with Gasteiger partial charge in [0.05, 0.1) is 11.7 Å². The quantitative estimate of drug-likeness (QED) is 0.506. The molecule has 0 N–H and O–H groups in total.